The maximum Gasteiger partial charge on any atom is 0.416 e. The predicted octanol–water partition coefficient (Wildman–Crippen LogP) is 7.06. The second-order valence-electron chi connectivity index (χ2n) is 8.86. The quantitative estimate of drug-likeness (QED) is 0.440. The van der Waals surface area contributed by atoms with E-state index in [2.05, 4.69) is 10.3 Å². The van der Waals surface area contributed by atoms with Gasteiger partial charge in [0, 0.05) is 17.2 Å². The summed E-state index contributed by atoms with van der Waals surface area (Å²) in [5.74, 6) is 0.140. The van der Waals surface area contributed by atoms with E-state index >= 15 is 0 Å². The third-order valence-corrected chi connectivity index (χ3v) is 6.16. The molecule has 3 aromatic rings. The van der Waals surface area contributed by atoms with E-state index < -0.39 is 17.6 Å². The van der Waals surface area contributed by atoms with Crippen LogP contribution < -0.4 is 5.32 Å². The Morgan fingerprint density at radius 1 is 1.03 bits per heavy atom. The minimum absolute atomic E-state index is 0.0296. The van der Waals surface area contributed by atoms with Crippen LogP contribution in [0.2, 0.25) is 0 Å². The molecule has 1 amide bonds. The molecule has 2 aromatic carbocycles. The van der Waals surface area contributed by atoms with Crippen molar-refractivity contribution >= 4 is 23.0 Å². The number of carbonyl (C=O) groups excluding carboxylic acids is 1. The topological polar surface area (TPSA) is 54.4 Å². The first-order valence-corrected chi connectivity index (χ1v) is 11.5. The van der Waals surface area contributed by atoms with Crippen molar-refractivity contribution in [3.63, 3.8) is 0 Å². The molecule has 2 heterocycles. The Balaban J connectivity index is 1.56. The van der Waals surface area contributed by atoms with Crippen molar-refractivity contribution in [2.75, 3.05) is 5.32 Å². The van der Waals surface area contributed by atoms with Crippen LogP contribution in [0.15, 0.2) is 59.6 Å². The van der Waals surface area contributed by atoms with Gasteiger partial charge in [0.05, 0.1) is 34.8 Å². The maximum absolute atomic E-state index is 13.6. The lowest BCUT2D eigenvalue weighted by Gasteiger charge is -2.16. The summed E-state index contributed by atoms with van der Waals surface area (Å²) in [7, 11) is 0. The van der Waals surface area contributed by atoms with E-state index in [4.69, 9.17) is 4.98 Å². The molecular weight excluding hydrogens is 439 g/mol. The normalized spacial score (nSPS) is 15.9. The molecule has 7 heteroatoms. The molecule has 2 aliphatic rings. The van der Waals surface area contributed by atoms with Gasteiger partial charge >= 0.3 is 6.18 Å². The summed E-state index contributed by atoms with van der Waals surface area (Å²) in [6.07, 6.45) is -1.35. The van der Waals surface area contributed by atoms with Gasteiger partial charge in [0.25, 0.3) is 0 Å². The number of hydrogen-bond acceptors (Lipinski definition) is 3. The largest absolute Gasteiger partial charge is 0.416 e. The molecule has 1 saturated carbocycles. The Kier molecular flexibility index (Phi) is 5.71. The van der Waals surface area contributed by atoms with Crippen molar-refractivity contribution < 1.29 is 18.0 Å². The fourth-order valence-corrected chi connectivity index (χ4v) is 4.34. The zero-order valence-electron chi connectivity index (χ0n) is 18.7. The fourth-order valence-electron chi connectivity index (χ4n) is 4.34. The lowest BCUT2D eigenvalue weighted by molar-refractivity contribution is -0.138. The van der Waals surface area contributed by atoms with E-state index in [1.807, 2.05) is 49.4 Å². The van der Waals surface area contributed by atoms with Gasteiger partial charge in [0.2, 0.25) is 5.91 Å². The van der Waals surface area contributed by atoms with E-state index in [9.17, 15) is 18.0 Å². The van der Waals surface area contributed by atoms with Gasteiger partial charge in [-0.2, -0.15) is 13.2 Å². The summed E-state index contributed by atoms with van der Waals surface area (Å²) in [6.45, 7) is 1.83. The molecule has 0 bridgehead atoms. The highest BCUT2D eigenvalue weighted by molar-refractivity contribution is 6.17. The summed E-state index contributed by atoms with van der Waals surface area (Å²) >= 11 is 0. The van der Waals surface area contributed by atoms with Crippen LogP contribution >= 0.6 is 0 Å². The first-order chi connectivity index (χ1) is 16.3. The number of halogens is 3. The van der Waals surface area contributed by atoms with Crippen molar-refractivity contribution in [2.45, 2.75) is 51.1 Å². The van der Waals surface area contributed by atoms with E-state index in [1.54, 1.807) is 0 Å². The molecule has 4 nitrogen and oxygen atoms in total. The van der Waals surface area contributed by atoms with Gasteiger partial charge in [0.1, 0.15) is 0 Å². The number of amides is 1. The number of alkyl halides is 3. The highest BCUT2D eigenvalue weighted by atomic mass is 19.4. The summed E-state index contributed by atoms with van der Waals surface area (Å²) in [5, 5.41) is 2.61. The highest BCUT2D eigenvalue weighted by Crippen LogP contribution is 2.41. The number of carbonyl (C=O) groups is 1. The third-order valence-electron chi connectivity index (χ3n) is 6.16. The first kappa shape index (κ1) is 22.3. The van der Waals surface area contributed by atoms with Crippen molar-refractivity contribution in [2.24, 2.45) is 4.99 Å². The van der Waals surface area contributed by atoms with Crippen LogP contribution in [0.1, 0.15) is 60.9 Å². The van der Waals surface area contributed by atoms with Gasteiger partial charge in [-0.15, -0.1) is 0 Å². The van der Waals surface area contributed by atoms with Crippen LogP contribution in [0.25, 0.3) is 11.3 Å². The summed E-state index contributed by atoms with van der Waals surface area (Å²) in [6, 6.07) is 16.1. The predicted molar refractivity (Wildman–Crippen MR) is 127 cm³/mol. The molecule has 5 rings (SSSR count). The van der Waals surface area contributed by atoms with Gasteiger partial charge in [-0.1, -0.05) is 37.6 Å². The number of rotatable bonds is 5. The van der Waals surface area contributed by atoms with E-state index in [0.29, 0.717) is 23.7 Å². The second-order valence-corrected chi connectivity index (χ2v) is 8.86. The summed E-state index contributed by atoms with van der Waals surface area (Å²) in [5.41, 5.74) is 4.00. The van der Waals surface area contributed by atoms with E-state index in [0.717, 1.165) is 41.4 Å². The molecule has 34 heavy (non-hydrogen) atoms. The number of hydrogen-bond donors (Lipinski definition) is 1. The van der Waals surface area contributed by atoms with Crippen molar-refractivity contribution in [3.05, 3.63) is 77.0 Å². The molecule has 1 fully saturated rings. The molecule has 1 aliphatic heterocycles. The van der Waals surface area contributed by atoms with Gasteiger partial charge in [-0.05, 0) is 60.7 Å². The summed E-state index contributed by atoms with van der Waals surface area (Å²) in [4.78, 5) is 22.1. The highest BCUT2D eigenvalue weighted by Gasteiger charge is 2.34. The lowest BCUT2D eigenvalue weighted by Crippen LogP contribution is -2.16. The Hall–Kier alpha value is -3.48. The lowest BCUT2D eigenvalue weighted by atomic mass is 10.00. The van der Waals surface area contributed by atoms with Crippen LogP contribution in [0.3, 0.4) is 0 Å². The maximum atomic E-state index is 13.6. The standard InChI is InChI=1S/C27H24F3N3O/c1-2-5-17-13-24-25(14-20(17)27(28,29)30)33-26(34)15-23(32-24)19-7-3-6-18(12-19)22-9-4-8-21(31-22)16-10-11-16/h3-4,6-9,12-14,16H,2,5,10-11,15H2,1H3,(H,33,34). The number of nitrogens with zero attached hydrogens (tertiary/aromatic N) is 2. The molecule has 1 aromatic heterocycles. The fraction of sp³-hybridized carbons (Fsp3) is 0.296. The Bertz CT molecular complexity index is 1290. The number of anilines is 1. The molecule has 1 aliphatic carbocycles. The Morgan fingerprint density at radius 3 is 2.53 bits per heavy atom. The molecule has 0 atom stereocenters. The number of benzene rings is 2. The molecule has 0 radical (unpaired) electrons. The van der Waals surface area contributed by atoms with Crippen LogP contribution in [-0.2, 0) is 17.4 Å². The molecular formula is C27H24F3N3O. The number of nitrogens with one attached hydrogen (secondary N) is 1. The minimum atomic E-state index is -4.50. The van der Waals surface area contributed by atoms with Crippen LogP contribution in [0.4, 0.5) is 24.5 Å². The SMILES string of the molecule is CCCc1cc2c(cc1C(F)(F)F)NC(=O)CC(c1cccc(-c3cccc(C4CC4)n3)c1)=N2. The van der Waals surface area contributed by atoms with Gasteiger partial charge in [0.15, 0.2) is 0 Å². The van der Waals surface area contributed by atoms with Crippen LogP contribution in [-0.4, -0.2) is 16.6 Å². The van der Waals surface area contributed by atoms with Crippen LogP contribution in [0, 0.1) is 0 Å². The molecule has 174 valence electrons. The van der Waals surface area contributed by atoms with Gasteiger partial charge in [-0.3, -0.25) is 14.8 Å². The van der Waals surface area contributed by atoms with Gasteiger partial charge < -0.3 is 5.32 Å². The second kappa shape index (κ2) is 8.70. The van der Waals surface area contributed by atoms with Gasteiger partial charge in [-0.25, -0.2) is 0 Å². The molecule has 1 N–H and O–H groups in total. The number of aliphatic imine (C=N–C) groups is 1. The average molecular weight is 464 g/mol. The first-order valence-electron chi connectivity index (χ1n) is 11.5. The number of fused-ring (bicyclic) bond motifs is 1. The third kappa shape index (κ3) is 4.60. The van der Waals surface area contributed by atoms with E-state index in [1.165, 1.54) is 6.07 Å². The average Bonchev–Trinajstić information content (AvgIpc) is 3.66. The van der Waals surface area contributed by atoms with Crippen molar-refractivity contribution in [3.8, 4) is 11.3 Å². The number of aromatic nitrogens is 1. The zero-order chi connectivity index (χ0) is 23.9. The van der Waals surface area contributed by atoms with E-state index in [-0.39, 0.29) is 24.1 Å². The Morgan fingerprint density at radius 2 is 1.79 bits per heavy atom. The number of pyridine rings is 1. The summed E-state index contributed by atoms with van der Waals surface area (Å²) < 4.78 is 40.8. The smallest absolute Gasteiger partial charge is 0.324 e. The minimum Gasteiger partial charge on any atom is -0.324 e. The Labute approximate surface area is 196 Å². The van der Waals surface area contributed by atoms with Crippen molar-refractivity contribution in [1.29, 1.82) is 0 Å². The zero-order valence-corrected chi connectivity index (χ0v) is 18.7. The molecule has 0 saturated heterocycles. The van der Waals surface area contributed by atoms with Crippen molar-refractivity contribution in [1.82, 2.24) is 4.98 Å². The monoisotopic (exact) mass is 463 g/mol. The van der Waals surface area contributed by atoms with Crippen LogP contribution in [0.5, 0.6) is 0 Å². The molecule has 0 spiro atoms. The molecule has 0 unspecified atom stereocenters. The number of aryl methyl sites for hydroxylation is 1.